The van der Waals surface area contributed by atoms with E-state index in [2.05, 4.69) is 15.1 Å². The number of aromatic nitrogens is 3. The highest BCUT2D eigenvalue weighted by molar-refractivity contribution is 14.0. The summed E-state index contributed by atoms with van der Waals surface area (Å²) in [6, 6.07) is 0. The molecule has 98 valence electrons. The summed E-state index contributed by atoms with van der Waals surface area (Å²) in [4.78, 5) is 12.7. The van der Waals surface area contributed by atoms with Gasteiger partial charge in [-0.1, -0.05) is 0 Å². The van der Waals surface area contributed by atoms with Crippen molar-refractivity contribution >= 4 is 29.9 Å². The van der Waals surface area contributed by atoms with Gasteiger partial charge in [-0.2, -0.15) is 5.10 Å². The minimum absolute atomic E-state index is 0. The molecule has 1 rings (SSSR count). The van der Waals surface area contributed by atoms with E-state index in [0.717, 1.165) is 18.3 Å². The molecule has 1 aromatic heterocycles. The topological polar surface area (TPSA) is 49.6 Å². The van der Waals surface area contributed by atoms with Crippen LogP contribution in [0.3, 0.4) is 0 Å². The lowest BCUT2D eigenvalue weighted by Crippen LogP contribution is -2.35. The fourth-order valence-electron chi connectivity index (χ4n) is 1.50. The van der Waals surface area contributed by atoms with Crippen molar-refractivity contribution in [1.82, 2.24) is 24.6 Å². The second-order valence-corrected chi connectivity index (χ2v) is 3.90. The Morgan fingerprint density at radius 1 is 1.29 bits per heavy atom. The summed E-state index contributed by atoms with van der Waals surface area (Å²) in [6.07, 6.45) is 1.57. The highest BCUT2D eigenvalue weighted by Crippen LogP contribution is 1.98. The molecule has 0 radical (unpaired) electrons. The van der Waals surface area contributed by atoms with Gasteiger partial charge in [-0.3, -0.25) is 0 Å². The lowest BCUT2D eigenvalue weighted by Gasteiger charge is -2.22. The number of rotatable bonds is 3. The highest BCUT2D eigenvalue weighted by Gasteiger charge is 2.06. The van der Waals surface area contributed by atoms with Gasteiger partial charge in [0.25, 0.3) is 0 Å². The molecule has 17 heavy (non-hydrogen) atoms. The first-order valence-electron chi connectivity index (χ1n) is 5.32. The third-order valence-corrected chi connectivity index (χ3v) is 2.16. The van der Waals surface area contributed by atoms with Gasteiger partial charge < -0.3 is 9.80 Å². The SMILES string of the molecule is CCn1ncnc1CN=C(N(C)C)N(C)C.I. The van der Waals surface area contributed by atoms with Crippen molar-refractivity contribution in [1.29, 1.82) is 0 Å². The van der Waals surface area contributed by atoms with E-state index < -0.39 is 0 Å². The third-order valence-electron chi connectivity index (χ3n) is 2.16. The van der Waals surface area contributed by atoms with Gasteiger partial charge in [0, 0.05) is 34.7 Å². The molecule has 0 N–H and O–H groups in total. The van der Waals surface area contributed by atoms with Crippen LogP contribution in [0.15, 0.2) is 11.3 Å². The lowest BCUT2D eigenvalue weighted by atomic mass is 10.5. The van der Waals surface area contributed by atoms with Crippen LogP contribution in [0.4, 0.5) is 0 Å². The number of halogens is 1. The van der Waals surface area contributed by atoms with Crippen molar-refractivity contribution in [2.75, 3.05) is 28.2 Å². The van der Waals surface area contributed by atoms with Crippen molar-refractivity contribution in [2.24, 2.45) is 4.99 Å². The molecule has 1 aromatic rings. The third kappa shape index (κ3) is 4.49. The predicted molar refractivity (Wildman–Crippen MR) is 79.6 cm³/mol. The number of hydrogen-bond donors (Lipinski definition) is 0. The summed E-state index contributed by atoms with van der Waals surface area (Å²) in [5, 5.41) is 4.11. The molecule has 0 aliphatic heterocycles. The fraction of sp³-hybridized carbons (Fsp3) is 0.700. The predicted octanol–water partition coefficient (Wildman–Crippen LogP) is 0.895. The Morgan fingerprint density at radius 2 is 1.88 bits per heavy atom. The van der Waals surface area contributed by atoms with E-state index in [0.29, 0.717) is 6.54 Å². The molecule has 7 heteroatoms. The molecule has 0 spiro atoms. The molecular formula is C10H21IN6. The van der Waals surface area contributed by atoms with E-state index in [9.17, 15) is 0 Å². The van der Waals surface area contributed by atoms with Crippen LogP contribution in [0.5, 0.6) is 0 Å². The maximum atomic E-state index is 4.52. The van der Waals surface area contributed by atoms with Crippen LogP contribution in [-0.4, -0.2) is 58.7 Å². The van der Waals surface area contributed by atoms with Crippen molar-refractivity contribution < 1.29 is 0 Å². The van der Waals surface area contributed by atoms with E-state index >= 15 is 0 Å². The zero-order chi connectivity index (χ0) is 12.1. The fourth-order valence-corrected chi connectivity index (χ4v) is 1.50. The van der Waals surface area contributed by atoms with Crippen LogP contribution in [-0.2, 0) is 13.1 Å². The van der Waals surface area contributed by atoms with Crippen molar-refractivity contribution in [3.8, 4) is 0 Å². The average Bonchev–Trinajstić information content (AvgIpc) is 2.64. The molecule has 0 aromatic carbocycles. The molecule has 0 unspecified atom stereocenters. The normalized spacial score (nSPS) is 9.47. The molecule has 0 amide bonds. The molecule has 1 heterocycles. The number of aryl methyl sites for hydroxylation is 1. The number of hydrogen-bond acceptors (Lipinski definition) is 3. The summed E-state index contributed by atoms with van der Waals surface area (Å²) >= 11 is 0. The largest absolute Gasteiger partial charge is 0.349 e. The Morgan fingerprint density at radius 3 is 2.35 bits per heavy atom. The van der Waals surface area contributed by atoms with Gasteiger partial charge >= 0.3 is 0 Å². The van der Waals surface area contributed by atoms with E-state index in [1.807, 2.05) is 49.6 Å². The maximum absolute atomic E-state index is 4.52. The minimum atomic E-state index is 0. The van der Waals surface area contributed by atoms with Crippen LogP contribution < -0.4 is 0 Å². The molecule has 0 atom stereocenters. The van der Waals surface area contributed by atoms with Crippen molar-refractivity contribution in [3.05, 3.63) is 12.2 Å². The zero-order valence-electron chi connectivity index (χ0n) is 11.1. The van der Waals surface area contributed by atoms with Crippen molar-refractivity contribution in [3.63, 3.8) is 0 Å². The molecular weight excluding hydrogens is 331 g/mol. The van der Waals surface area contributed by atoms with E-state index in [1.165, 1.54) is 0 Å². The lowest BCUT2D eigenvalue weighted by molar-refractivity contribution is 0.477. The Bertz CT molecular complexity index is 347. The number of guanidine groups is 1. The molecule has 0 saturated carbocycles. The standard InChI is InChI=1S/C10H20N6.HI/c1-6-16-9(12-8-13-16)7-11-10(14(2)3)15(4)5;/h8H,6-7H2,1-5H3;1H. The highest BCUT2D eigenvalue weighted by atomic mass is 127. The van der Waals surface area contributed by atoms with Gasteiger partial charge in [0.05, 0.1) is 0 Å². The van der Waals surface area contributed by atoms with Gasteiger partial charge in [0.1, 0.15) is 18.7 Å². The first kappa shape index (κ1) is 16.1. The second-order valence-electron chi connectivity index (χ2n) is 3.90. The molecule has 6 nitrogen and oxygen atoms in total. The van der Waals surface area contributed by atoms with Crippen LogP contribution in [0.1, 0.15) is 12.7 Å². The Labute approximate surface area is 120 Å². The second kappa shape index (κ2) is 7.46. The maximum Gasteiger partial charge on any atom is 0.195 e. The number of aliphatic imine (C=N–C) groups is 1. The minimum Gasteiger partial charge on any atom is -0.349 e. The number of nitrogens with zero attached hydrogens (tertiary/aromatic N) is 6. The molecule has 0 saturated heterocycles. The molecule has 0 aliphatic rings. The van der Waals surface area contributed by atoms with E-state index in [-0.39, 0.29) is 24.0 Å². The summed E-state index contributed by atoms with van der Waals surface area (Å²) in [7, 11) is 7.90. The Kier molecular flexibility index (Phi) is 7.09. The monoisotopic (exact) mass is 352 g/mol. The molecule has 0 fully saturated rings. The molecule has 0 aliphatic carbocycles. The van der Waals surface area contributed by atoms with Crippen LogP contribution >= 0.6 is 24.0 Å². The van der Waals surface area contributed by atoms with E-state index in [4.69, 9.17) is 0 Å². The van der Waals surface area contributed by atoms with Gasteiger partial charge in [-0.25, -0.2) is 14.7 Å². The first-order valence-corrected chi connectivity index (χ1v) is 5.32. The van der Waals surface area contributed by atoms with E-state index in [1.54, 1.807) is 6.33 Å². The Hall–Kier alpha value is -0.860. The first-order chi connectivity index (χ1) is 7.56. The van der Waals surface area contributed by atoms with Crippen LogP contribution in [0.25, 0.3) is 0 Å². The quantitative estimate of drug-likeness (QED) is 0.461. The average molecular weight is 352 g/mol. The summed E-state index contributed by atoms with van der Waals surface area (Å²) in [5.41, 5.74) is 0. The summed E-state index contributed by atoms with van der Waals surface area (Å²) in [5.74, 6) is 1.81. The van der Waals surface area contributed by atoms with Gasteiger partial charge in [0.15, 0.2) is 5.96 Å². The van der Waals surface area contributed by atoms with Crippen LogP contribution in [0.2, 0.25) is 0 Å². The smallest absolute Gasteiger partial charge is 0.195 e. The Balaban J connectivity index is 0.00000256. The van der Waals surface area contributed by atoms with Crippen LogP contribution in [0, 0.1) is 0 Å². The van der Waals surface area contributed by atoms with Gasteiger partial charge in [0.2, 0.25) is 0 Å². The summed E-state index contributed by atoms with van der Waals surface area (Å²) in [6.45, 7) is 3.42. The summed E-state index contributed by atoms with van der Waals surface area (Å²) < 4.78 is 1.85. The van der Waals surface area contributed by atoms with Gasteiger partial charge in [-0.15, -0.1) is 24.0 Å². The van der Waals surface area contributed by atoms with Crippen molar-refractivity contribution in [2.45, 2.75) is 20.0 Å². The van der Waals surface area contributed by atoms with Gasteiger partial charge in [-0.05, 0) is 6.92 Å². The zero-order valence-corrected chi connectivity index (χ0v) is 13.4. The molecule has 0 bridgehead atoms.